The Morgan fingerprint density at radius 3 is 2.82 bits per heavy atom. The smallest absolute Gasteiger partial charge is 0.351 e. The molecule has 1 aromatic rings. The zero-order chi connectivity index (χ0) is 16.7. The first-order valence-corrected chi connectivity index (χ1v) is 6.41. The summed E-state index contributed by atoms with van der Waals surface area (Å²) in [5, 5.41) is 19.6. The Balaban J connectivity index is 2.59. The van der Waals surface area contributed by atoms with Crippen molar-refractivity contribution in [2.24, 2.45) is 0 Å². The van der Waals surface area contributed by atoms with E-state index in [0.717, 1.165) is 0 Å². The standard InChI is InChI=1S/C13H15F2N3O4/c1-3-4-13(15)9(20)8(6(2)19)22-11(13)18-5-7(14)10(16)17-12(18)21/h5-6,8-9,11,19-20H,1-2H3,(H2,16,17,21)/t6-,8-,9?,11-,13?/m1/s1. The van der Waals surface area contributed by atoms with Gasteiger partial charge in [-0.15, -0.1) is 5.92 Å². The molecule has 2 rings (SSSR count). The molecule has 0 radical (unpaired) electrons. The van der Waals surface area contributed by atoms with Gasteiger partial charge in [-0.05, 0) is 13.8 Å². The minimum Gasteiger partial charge on any atom is -0.391 e. The van der Waals surface area contributed by atoms with Crippen molar-refractivity contribution in [3.8, 4) is 11.8 Å². The second-order valence-corrected chi connectivity index (χ2v) is 4.95. The van der Waals surface area contributed by atoms with Gasteiger partial charge < -0.3 is 20.7 Å². The van der Waals surface area contributed by atoms with Crippen molar-refractivity contribution in [2.75, 3.05) is 5.73 Å². The number of nitrogen functional groups attached to an aromatic ring is 1. The number of rotatable bonds is 2. The van der Waals surface area contributed by atoms with Crippen LogP contribution in [0.1, 0.15) is 20.1 Å². The lowest BCUT2D eigenvalue weighted by Gasteiger charge is -2.24. The zero-order valence-electron chi connectivity index (χ0n) is 11.8. The third-order valence-corrected chi connectivity index (χ3v) is 3.37. The summed E-state index contributed by atoms with van der Waals surface area (Å²) in [6.07, 6.45) is -5.57. The van der Waals surface area contributed by atoms with E-state index in [4.69, 9.17) is 10.5 Å². The largest absolute Gasteiger partial charge is 0.391 e. The molecule has 0 aliphatic carbocycles. The highest BCUT2D eigenvalue weighted by Crippen LogP contribution is 2.41. The van der Waals surface area contributed by atoms with E-state index in [2.05, 4.69) is 16.8 Å². The summed E-state index contributed by atoms with van der Waals surface area (Å²) < 4.78 is 34.3. The molecule has 1 aliphatic heterocycles. The molecule has 9 heteroatoms. The van der Waals surface area contributed by atoms with Crippen molar-refractivity contribution >= 4 is 5.82 Å². The number of ether oxygens (including phenoxy) is 1. The van der Waals surface area contributed by atoms with Gasteiger partial charge >= 0.3 is 5.69 Å². The second kappa shape index (κ2) is 5.64. The van der Waals surface area contributed by atoms with Crippen LogP contribution in [0.4, 0.5) is 14.6 Å². The Labute approximate surface area is 124 Å². The number of halogens is 2. The fourth-order valence-corrected chi connectivity index (χ4v) is 2.31. The van der Waals surface area contributed by atoms with Crippen LogP contribution in [0.25, 0.3) is 0 Å². The normalized spacial score (nSPS) is 32.4. The van der Waals surface area contributed by atoms with Crippen LogP contribution >= 0.6 is 0 Å². The molecule has 22 heavy (non-hydrogen) atoms. The van der Waals surface area contributed by atoms with E-state index in [1.165, 1.54) is 13.8 Å². The SMILES string of the molecule is CC#CC1(F)C(O)[C@@H]([C@@H](C)O)O[C@H]1n1cc(F)c(N)nc1=O. The molecule has 0 bridgehead atoms. The van der Waals surface area contributed by atoms with E-state index in [9.17, 15) is 19.4 Å². The third-order valence-electron chi connectivity index (χ3n) is 3.37. The van der Waals surface area contributed by atoms with E-state index in [1.54, 1.807) is 0 Å². The number of aromatic nitrogens is 2. The summed E-state index contributed by atoms with van der Waals surface area (Å²) in [5.74, 6) is 2.71. The van der Waals surface area contributed by atoms with Gasteiger partial charge in [0, 0.05) is 0 Å². The minimum atomic E-state index is -2.72. The molecule has 0 saturated carbocycles. The number of aliphatic hydroxyl groups excluding tert-OH is 2. The van der Waals surface area contributed by atoms with Gasteiger partial charge in [-0.3, -0.25) is 4.57 Å². The van der Waals surface area contributed by atoms with Gasteiger partial charge in [0.1, 0.15) is 12.2 Å². The zero-order valence-corrected chi connectivity index (χ0v) is 11.8. The molecule has 1 fully saturated rings. The molecule has 0 aromatic carbocycles. The molecule has 0 spiro atoms. The molecular weight excluding hydrogens is 300 g/mol. The van der Waals surface area contributed by atoms with Gasteiger partial charge in [0.15, 0.2) is 17.9 Å². The maximum Gasteiger partial charge on any atom is 0.351 e. The van der Waals surface area contributed by atoms with Gasteiger partial charge in [0.2, 0.25) is 5.67 Å². The Kier molecular flexibility index (Phi) is 4.19. The maximum absolute atomic E-state index is 15.1. The van der Waals surface area contributed by atoms with Crippen molar-refractivity contribution in [3.05, 3.63) is 22.5 Å². The summed E-state index contributed by atoms with van der Waals surface area (Å²) in [7, 11) is 0. The van der Waals surface area contributed by atoms with Crippen LogP contribution in [-0.4, -0.2) is 43.7 Å². The summed E-state index contributed by atoms with van der Waals surface area (Å²) in [6.45, 7) is 2.60. The van der Waals surface area contributed by atoms with Crippen molar-refractivity contribution in [3.63, 3.8) is 0 Å². The Bertz CT molecular complexity index is 697. The number of nitrogens with zero attached hydrogens (tertiary/aromatic N) is 2. The highest BCUT2D eigenvalue weighted by molar-refractivity contribution is 5.28. The molecule has 2 unspecified atom stereocenters. The van der Waals surface area contributed by atoms with Gasteiger partial charge in [-0.2, -0.15) is 4.98 Å². The average Bonchev–Trinajstić information content (AvgIpc) is 2.68. The quantitative estimate of drug-likeness (QED) is 0.625. The van der Waals surface area contributed by atoms with Crippen LogP contribution in [0.2, 0.25) is 0 Å². The molecule has 4 N–H and O–H groups in total. The van der Waals surface area contributed by atoms with Crippen LogP contribution < -0.4 is 11.4 Å². The van der Waals surface area contributed by atoms with Crippen molar-refractivity contribution in [2.45, 2.75) is 44.1 Å². The number of hydrogen-bond donors (Lipinski definition) is 3. The molecule has 1 aliphatic rings. The maximum atomic E-state index is 15.1. The Morgan fingerprint density at radius 1 is 1.64 bits per heavy atom. The summed E-state index contributed by atoms with van der Waals surface area (Å²) >= 11 is 0. The fourth-order valence-electron chi connectivity index (χ4n) is 2.31. The predicted octanol–water partition coefficient (Wildman–Crippen LogP) is -0.665. The lowest BCUT2D eigenvalue weighted by molar-refractivity contribution is -0.0805. The van der Waals surface area contributed by atoms with E-state index < -0.39 is 47.5 Å². The first-order valence-electron chi connectivity index (χ1n) is 6.41. The van der Waals surface area contributed by atoms with E-state index in [1.807, 2.05) is 0 Å². The van der Waals surface area contributed by atoms with Crippen LogP contribution in [0.5, 0.6) is 0 Å². The van der Waals surface area contributed by atoms with Gasteiger partial charge in [-0.25, -0.2) is 13.6 Å². The molecule has 1 aromatic heterocycles. The molecule has 7 nitrogen and oxygen atoms in total. The highest BCUT2D eigenvalue weighted by atomic mass is 19.1. The van der Waals surface area contributed by atoms with Crippen LogP contribution in [0.15, 0.2) is 11.0 Å². The first kappa shape index (κ1) is 16.4. The van der Waals surface area contributed by atoms with Crippen molar-refractivity contribution in [1.82, 2.24) is 9.55 Å². The second-order valence-electron chi connectivity index (χ2n) is 4.95. The summed E-state index contributed by atoms with van der Waals surface area (Å²) in [6, 6.07) is 0. The number of alkyl halides is 1. The van der Waals surface area contributed by atoms with Crippen LogP contribution in [-0.2, 0) is 4.74 Å². The molecule has 0 amide bonds. The lowest BCUT2D eigenvalue weighted by atomic mass is 9.94. The van der Waals surface area contributed by atoms with Crippen LogP contribution in [0, 0.1) is 17.7 Å². The molecule has 2 heterocycles. The van der Waals surface area contributed by atoms with E-state index >= 15 is 4.39 Å². The third kappa shape index (κ3) is 2.45. The van der Waals surface area contributed by atoms with Crippen molar-refractivity contribution in [1.29, 1.82) is 0 Å². The molecule has 1 saturated heterocycles. The van der Waals surface area contributed by atoms with E-state index in [0.29, 0.717) is 10.8 Å². The van der Waals surface area contributed by atoms with Crippen molar-refractivity contribution < 1.29 is 23.7 Å². The van der Waals surface area contributed by atoms with Gasteiger partial charge in [0.05, 0.1) is 12.3 Å². The predicted molar refractivity (Wildman–Crippen MR) is 71.8 cm³/mol. The monoisotopic (exact) mass is 315 g/mol. The average molecular weight is 315 g/mol. The molecule has 120 valence electrons. The molecule has 5 atom stereocenters. The lowest BCUT2D eigenvalue weighted by Crippen LogP contribution is -2.45. The summed E-state index contributed by atoms with van der Waals surface area (Å²) in [5.41, 5.74) is 1.38. The number of anilines is 1. The topological polar surface area (TPSA) is 111 Å². The Hall–Kier alpha value is -2.02. The van der Waals surface area contributed by atoms with Gasteiger partial charge in [-0.1, -0.05) is 5.92 Å². The first-order chi connectivity index (χ1) is 10.2. The highest BCUT2D eigenvalue weighted by Gasteiger charge is 2.59. The number of aliphatic hydroxyl groups is 2. The Morgan fingerprint density at radius 2 is 2.27 bits per heavy atom. The van der Waals surface area contributed by atoms with E-state index in [-0.39, 0.29) is 0 Å². The number of hydrogen-bond acceptors (Lipinski definition) is 6. The minimum absolute atomic E-state index is 0.516. The summed E-state index contributed by atoms with van der Waals surface area (Å²) in [4.78, 5) is 15.0. The molecular formula is C13H15F2N3O4. The number of nitrogens with two attached hydrogens (primary N) is 1. The van der Waals surface area contributed by atoms with Gasteiger partial charge in [0.25, 0.3) is 0 Å². The fraction of sp³-hybridized carbons (Fsp3) is 0.538. The van der Waals surface area contributed by atoms with Crippen LogP contribution in [0.3, 0.4) is 0 Å².